The first kappa shape index (κ1) is 19.0. The number of methoxy groups -OCH3 is 2. The van der Waals surface area contributed by atoms with Crippen LogP contribution in [0.4, 0.5) is 5.69 Å². The summed E-state index contributed by atoms with van der Waals surface area (Å²) in [6.07, 6.45) is 1.66. The Bertz CT molecular complexity index is 935. The molecular formula is C22H22N2O5. The summed E-state index contributed by atoms with van der Waals surface area (Å²) >= 11 is 0. The molecule has 4 rings (SSSR count). The third-order valence-corrected chi connectivity index (χ3v) is 5.30. The lowest BCUT2D eigenvalue weighted by molar-refractivity contribution is -0.122. The van der Waals surface area contributed by atoms with Crippen LogP contribution in [0.15, 0.2) is 48.5 Å². The first-order valence-corrected chi connectivity index (χ1v) is 9.51. The fourth-order valence-corrected chi connectivity index (χ4v) is 3.63. The normalized spacial score (nSPS) is 18.7. The average molecular weight is 394 g/mol. The first-order valence-electron chi connectivity index (χ1n) is 9.51. The Balaban J connectivity index is 1.59. The van der Waals surface area contributed by atoms with E-state index in [9.17, 15) is 14.4 Å². The summed E-state index contributed by atoms with van der Waals surface area (Å²) in [5.41, 5.74) is 0.955. The number of hydrogen-bond acceptors (Lipinski definition) is 5. The van der Waals surface area contributed by atoms with Crippen molar-refractivity contribution in [3.63, 3.8) is 0 Å². The fraction of sp³-hybridized carbons (Fsp3) is 0.318. The van der Waals surface area contributed by atoms with E-state index < -0.39 is 6.04 Å². The second-order valence-corrected chi connectivity index (χ2v) is 7.16. The number of benzene rings is 2. The molecule has 0 bridgehead atoms. The zero-order valence-corrected chi connectivity index (χ0v) is 16.3. The lowest BCUT2D eigenvalue weighted by atomic mass is 10.1. The molecular weight excluding hydrogens is 372 g/mol. The van der Waals surface area contributed by atoms with E-state index in [1.54, 1.807) is 67.7 Å². The minimum absolute atomic E-state index is 0.0107. The lowest BCUT2D eigenvalue weighted by Gasteiger charge is -2.27. The highest BCUT2D eigenvalue weighted by molar-refractivity contribution is 6.23. The highest BCUT2D eigenvalue weighted by Gasteiger charge is 2.48. The Hall–Kier alpha value is -3.35. The number of ether oxygens (including phenoxy) is 2. The summed E-state index contributed by atoms with van der Waals surface area (Å²) in [5, 5.41) is 0. The van der Waals surface area contributed by atoms with Crippen molar-refractivity contribution in [1.29, 1.82) is 0 Å². The Morgan fingerprint density at radius 2 is 1.48 bits per heavy atom. The van der Waals surface area contributed by atoms with Gasteiger partial charge in [-0.15, -0.1) is 0 Å². The molecule has 0 spiro atoms. The molecule has 1 saturated carbocycles. The molecule has 0 N–H and O–H groups in total. The van der Waals surface area contributed by atoms with E-state index >= 15 is 0 Å². The molecule has 1 heterocycles. The minimum Gasteiger partial charge on any atom is -0.497 e. The van der Waals surface area contributed by atoms with Crippen LogP contribution in [0.3, 0.4) is 0 Å². The highest BCUT2D eigenvalue weighted by atomic mass is 16.5. The van der Waals surface area contributed by atoms with E-state index in [-0.39, 0.29) is 30.2 Å². The van der Waals surface area contributed by atoms with Gasteiger partial charge < -0.3 is 14.4 Å². The van der Waals surface area contributed by atoms with E-state index in [0.717, 1.165) is 12.8 Å². The van der Waals surface area contributed by atoms with Crippen LogP contribution in [-0.4, -0.2) is 48.9 Å². The van der Waals surface area contributed by atoms with Gasteiger partial charge in [0.15, 0.2) is 0 Å². The van der Waals surface area contributed by atoms with Gasteiger partial charge in [0.1, 0.15) is 17.5 Å². The molecule has 2 aliphatic rings. The second kappa shape index (κ2) is 7.58. The highest BCUT2D eigenvalue weighted by Crippen LogP contribution is 2.35. The standard InChI is InChI=1S/C22H22N2O5/c1-28-17-9-3-14(4-10-17)21(26)23(15-5-6-15)19-13-20(25)24(22(19)27)16-7-11-18(29-2)12-8-16/h3-4,7-12,15,19H,5-6,13H2,1-2H3. The predicted molar refractivity (Wildman–Crippen MR) is 106 cm³/mol. The molecule has 1 aliphatic heterocycles. The maximum absolute atomic E-state index is 13.2. The number of hydrogen-bond donors (Lipinski definition) is 0. The number of carbonyl (C=O) groups excluding carboxylic acids is 3. The SMILES string of the molecule is COc1ccc(C(=O)N(C2CC2)C2CC(=O)N(c3ccc(OC)cc3)C2=O)cc1. The van der Waals surface area contributed by atoms with Crippen LogP contribution in [0.2, 0.25) is 0 Å². The third-order valence-electron chi connectivity index (χ3n) is 5.30. The summed E-state index contributed by atoms with van der Waals surface area (Å²) in [6.45, 7) is 0. The molecule has 2 aromatic rings. The van der Waals surface area contributed by atoms with Gasteiger partial charge in [-0.3, -0.25) is 14.4 Å². The molecule has 7 heteroatoms. The van der Waals surface area contributed by atoms with Gasteiger partial charge in [0.25, 0.3) is 11.8 Å². The quantitative estimate of drug-likeness (QED) is 0.704. The molecule has 0 aromatic heterocycles. The van der Waals surface area contributed by atoms with Crippen LogP contribution in [0.25, 0.3) is 0 Å². The van der Waals surface area contributed by atoms with Crippen LogP contribution < -0.4 is 14.4 Å². The van der Waals surface area contributed by atoms with E-state index in [0.29, 0.717) is 22.7 Å². The fourth-order valence-electron chi connectivity index (χ4n) is 3.63. The smallest absolute Gasteiger partial charge is 0.257 e. The van der Waals surface area contributed by atoms with Gasteiger partial charge >= 0.3 is 0 Å². The van der Waals surface area contributed by atoms with Crippen molar-refractivity contribution in [1.82, 2.24) is 4.90 Å². The Morgan fingerprint density at radius 3 is 2.00 bits per heavy atom. The summed E-state index contributed by atoms with van der Waals surface area (Å²) in [6, 6.07) is 12.7. The van der Waals surface area contributed by atoms with Crippen LogP contribution in [0.5, 0.6) is 11.5 Å². The van der Waals surface area contributed by atoms with Gasteiger partial charge in [-0.25, -0.2) is 4.90 Å². The maximum Gasteiger partial charge on any atom is 0.257 e. The zero-order valence-electron chi connectivity index (χ0n) is 16.3. The maximum atomic E-state index is 13.2. The average Bonchev–Trinajstić information content (AvgIpc) is 3.54. The Labute approximate surface area is 168 Å². The van der Waals surface area contributed by atoms with Crippen LogP contribution in [-0.2, 0) is 9.59 Å². The van der Waals surface area contributed by atoms with Crippen LogP contribution in [0, 0.1) is 0 Å². The molecule has 1 atom stereocenters. The number of amides is 3. The zero-order chi connectivity index (χ0) is 20.5. The molecule has 2 aromatic carbocycles. The number of nitrogens with zero attached hydrogens (tertiary/aromatic N) is 2. The van der Waals surface area contributed by atoms with E-state index in [1.807, 2.05) is 0 Å². The number of rotatable bonds is 6. The minimum atomic E-state index is -0.785. The molecule has 0 radical (unpaired) electrons. The topological polar surface area (TPSA) is 76.2 Å². The number of imide groups is 1. The third kappa shape index (κ3) is 3.55. The summed E-state index contributed by atoms with van der Waals surface area (Å²) in [4.78, 5) is 41.7. The Morgan fingerprint density at radius 1 is 0.931 bits per heavy atom. The van der Waals surface area contributed by atoms with Crippen molar-refractivity contribution >= 4 is 23.4 Å². The van der Waals surface area contributed by atoms with Crippen LogP contribution >= 0.6 is 0 Å². The van der Waals surface area contributed by atoms with Gasteiger partial charge in [-0.2, -0.15) is 0 Å². The van der Waals surface area contributed by atoms with Gasteiger partial charge in [-0.05, 0) is 61.4 Å². The van der Waals surface area contributed by atoms with Gasteiger partial charge in [-0.1, -0.05) is 0 Å². The van der Waals surface area contributed by atoms with Crippen molar-refractivity contribution in [2.75, 3.05) is 19.1 Å². The van der Waals surface area contributed by atoms with E-state index in [2.05, 4.69) is 0 Å². The Kier molecular flexibility index (Phi) is 4.96. The summed E-state index contributed by atoms with van der Waals surface area (Å²) < 4.78 is 10.3. The van der Waals surface area contributed by atoms with Gasteiger partial charge in [0.2, 0.25) is 5.91 Å². The van der Waals surface area contributed by atoms with Crippen molar-refractivity contribution < 1.29 is 23.9 Å². The van der Waals surface area contributed by atoms with E-state index in [1.165, 1.54) is 4.90 Å². The molecule has 150 valence electrons. The van der Waals surface area contributed by atoms with Gasteiger partial charge in [0.05, 0.1) is 26.3 Å². The molecule has 1 unspecified atom stereocenters. The molecule has 2 fully saturated rings. The van der Waals surface area contributed by atoms with Crippen molar-refractivity contribution in [3.05, 3.63) is 54.1 Å². The van der Waals surface area contributed by atoms with Gasteiger partial charge in [0, 0.05) is 11.6 Å². The lowest BCUT2D eigenvalue weighted by Crippen LogP contribution is -2.46. The van der Waals surface area contributed by atoms with Crippen molar-refractivity contribution in [2.24, 2.45) is 0 Å². The number of carbonyl (C=O) groups is 3. The molecule has 1 saturated heterocycles. The summed E-state index contributed by atoms with van der Waals surface area (Å²) in [7, 11) is 3.11. The monoisotopic (exact) mass is 394 g/mol. The second-order valence-electron chi connectivity index (χ2n) is 7.16. The predicted octanol–water partition coefficient (Wildman–Crippen LogP) is 2.64. The molecule has 3 amide bonds. The number of anilines is 1. The summed E-state index contributed by atoms with van der Waals surface area (Å²) in [5.74, 6) is 0.376. The van der Waals surface area contributed by atoms with Crippen LogP contribution in [0.1, 0.15) is 29.6 Å². The molecule has 29 heavy (non-hydrogen) atoms. The molecule has 1 aliphatic carbocycles. The van der Waals surface area contributed by atoms with Crippen molar-refractivity contribution in [3.8, 4) is 11.5 Å². The molecule has 7 nitrogen and oxygen atoms in total. The first-order chi connectivity index (χ1) is 14.0. The van der Waals surface area contributed by atoms with Crippen molar-refractivity contribution in [2.45, 2.75) is 31.3 Å². The largest absolute Gasteiger partial charge is 0.497 e. The van der Waals surface area contributed by atoms with E-state index in [4.69, 9.17) is 9.47 Å².